The van der Waals surface area contributed by atoms with Crippen molar-refractivity contribution in [3.63, 3.8) is 0 Å². The van der Waals surface area contributed by atoms with E-state index in [0.717, 1.165) is 17.3 Å². The number of carbonyl (C=O) groups is 3. The molecule has 0 saturated heterocycles. The maximum absolute atomic E-state index is 13.2. The molecular formula is C28H42BrNO6. The summed E-state index contributed by atoms with van der Waals surface area (Å²) in [4.78, 5) is 39.0. The third kappa shape index (κ3) is 9.75. The highest BCUT2D eigenvalue weighted by atomic mass is 79.9. The van der Waals surface area contributed by atoms with Gasteiger partial charge in [0.2, 0.25) is 0 Å². The van der Waals surface area contributed by atoms with Crippen molar-refractivity contribution in [2.75, 3.05) is 5.32 Å². The van der Waals surface area contributed by atoms with E-state index in [2.05, 4.69) is 21.2 Å². The molecule has 202 valence electrons. The van der Waals surface area contributed by atoms with Crippen LogP contribution in [0.1, 0.15) is 99.5 Å². The molecule has 1 fully saturated rings. The summed E-state index contributed by atoms with van der Waals surface area (Å²) in [5.74, 6) is -2.83. The van der Waals surface area contributed by atoms with Crippen molar-refractivity contribution in [3.05, 3.63) is 28.2 Å². The Kier molecular flexibility index (Phi) is 9.65. The monoisotopic (exact) mass is 567 g/mol. The van der Waals surface area contributed by atoms with Crippen LogP contribution in [0.2, 0.25) is 0 Å². The first kappa shape index (κ1) is 30.1. The molecule has 1 aromatic carbocycles. The second kappa shape index (κ2) is 11.5. The van der Waals surface area contributed by atoms with Gasteiger partial charge in [0, 0.05) is 21.8 Å². The largest absolute Gasteiger partial charge is 0.460 e. The molecule has 1 saturated carbocycles. The zero-order valence-electron chi connectivity index (χ0n) is 23.1. The lowest BCUT2D eigenvalue weighted by atomic mass is 9.85. The molecule has 0 spiro atoms. The van der Waals surface area contributed by atoms with Gasteiger partial charge in [0.25, 0.3) is 0 Å². The fourth-order valence-electron chi connectivity index (χ4n) is 4.06. The molecule has 36 heavy (non-hydrogen) atoms. The molecule has 0 amide bonds. The van der Waals surface area contributed by atoms with E-state index in [1.54, 1.807) is 53.7 Å². The van der Waals surface area contributed by atoms with Gasteiger partial charge >= 0.3 is 17.9 Å². The maximum atomic E-state index is 13.2. The van der Waals surface area contributed by atoms with Gasteiger partial charge in [-0.25, -0.2) is 0 Å². The summed E-state index contributed by atoms with van der Waals surface area (Å²) in [7, 11) is 0. The van der Waals surface area contributed by atoms with Crippen LogP contribution in [-0.2, 0) is 28.6 Å². The fraction of sp³-hybridized carbons (Fsp3) is 0.679. The van der Waals surface area contributed by atoms with Crippen molar-refractivity contribution in [2.45, 2.75) is 117 Å². The number of nitrogens with one attached hydrogen (secondary N) is 1. The minimum atomic E-state index is -1.24. The summed E-state index contributed by atoms with van der Waals surface area (Å²) in [5, 5.41) is 3.52. The van der Waals surface area contributed by atoms with E-state index < -0.39 is 34.7 Å². The van der Waals surface area contributed by atoms with E-state index in [1.807, 2.05) is 26.8 Å². The number of anilines is 1. The zero-order chi connectivity index (χ0) is 27.5. The Morgan fingerprint density at radius 3 is 1.72 bits per heavy atom. The van der Waals surface area contributed by atoms with Crippen LogP contribution in [0.3, 0.4) is 0 Å². The average Bonchev–Trinajstić information content (AvgIpc) is 2.66. The molecule has 8 heteroatoms. The van der Waals surface area contributed by atoms with Crippen LogP contribution in [-0.4, -0.2) is 40.8 Å². The first-order valence-electron chi connectivity index (χ1n) is 12.6. The first-order valence-corrected chi connectivity index (χ1v) is 13.4. The molecule has 0 radical (unpaired) electrons. The maximum Gasteiger partial charge on any atom is 0.325 e. The highest BCUT2D eigenvalue weighted by Gasteiger charge is 2.38. The van der Waals surface area contributed by atoms with Gasteiger partial charge in [0.15, 0.2) is 5.92 Å². The Balaban J connectivity index is 2.28. The van der Waals surface area contributed by atoms with Crippen LogP contribution in [0.4, 0.5) is 5.69 Å². The first-order chi connectivity index (χ1) is 16.3. The number of rotatable bonds is 6. The van der Waals surface area contributed by atoms with Gasteiger partial charge < -0.3 is 19.5 Å². The number of carbonyl (C=O) groups excluding carboxylic acids is 3. The van der Waals surface area contributed by atoms with Crippen LogP contribution in [0.5, 0.6) is 0 Å². The minimum absolute atomic E-state index is 0.0784. The second-order valence-electron chi connectivity index (χ2n) is 12.5. The standard InChI is InChI=1S/C28H42BrNO6/c1-26(2,3)34-23(31)17-10-13-19(14-11-17)30-21-16-18(29)12-15-20(21)22(24(32)35-27(4,5)6)25(33)36-28(7,8)9/h12,15-17,19,22,30H,10-11,13-14H2,1-9H3. The number of ether oxygens (including phenoxy) is 3. The lowest BCUT2D eigenvalue weighted by Gasteiger charge is -2.32. The molecule has 2 rings (SSSR count). The van der Waals surface area contributed by atoms with E-state index in [4.69, 9.17) is 14.2 Å². The van der Waals surface area contributed by atoms with Crippen LogP contribution in [0.15, 0.2) is 22.7 Å². The van der Waals surface area contributed by atoms with Crippen LogP contribution >= 0.6 is 15.9 Å². The summed E-state index contributed by atoms with van der Waals surface area (Å²) in [6.45, 7) is 16.2. The topological polar surface area (TPSA) is 90.9 Å². The van der Waals surface area contributed by atoms with Gasteiger partial charge in [0.1, 0.15) is 16.8 Å². The molecule has 0 atom stereocenters. The Labute approximate surface area is 224 Å². The molecule has 0 aliphatic heterocycles. The van der Waals surface area contributed by atoms with Crippen molar-refractivity contribution in [1.29, 1.82) is 0 Å². The highest BCUT2D eigenvalue weighted by Crippen LogP contribution is 2.35. The third-order valence-electron chi connectivity index (χ3n) is 5.44. The quantitative estimate of drug-likeness (QED) is 0.237. The number of halogens is 1. The Morgan fingerprint density at radius 1 is 0.806 bits per heavy atom. The van der Waals surface area contributed by atoms with Gasteiger partial charge in [0.05, 0.1) is 5.92 Å². The van der Waals surface area contributed by atoms with E-state index >= 15 is 0 Å². The molecule has 0 aromatic heterocycles. The number of hydrogen-bond donors (Lipinski definition) is 1. The summed E-state index contributed by atoms with van der Waals surface area (Å²) >= 11 is 3.50. The molecule has 1 aliphatic carbocycles. The third-order valence-corrected chi connectivity index (χ3v) is 5.93. The summed E-state index contributed by atoms with van der Waals surface area (Å²) in [6.07, 6.45) is 2.94. The minimum Gasteiger partial charge on any atom is -0.460 e. The van der Waals surface area contributed by atoms with E-state index in [-0.39, 0.29) is 17.9 Å². The van der Waals surface area contributed by atoms with Gasteiger partial charge in [-0.15, -0.1) is 0 Å². The van der Waals surface area contributed by atoms with Gasteiger partial charge in [-0.3, -0.25) is 14.4 Å². The predicted molar refractivity (Wildman–Crippen MR) is 144 cm³/mol. The van der Waals surface area contributed by atoms with E-state index in [1.165, 1.54) is 0 Å². The molecular weight excluding hydrogens is 526 g/mol. The number of hydrogen-bond acceptors (Lipinski definition) is 7. The normalized spacial score (nSPS) is 19.0. The number of esters is 3. The van der Waals surface area contributed by atoms with E-state index in [0.29, 0.717) is 24.1 Å². The smallest absolute Gasteiger partial charge is 0.325 e. The molecule has 1 N–H and O–H groups in total. The van der Waals surface area contributed by atoms with Crippen molar-refractivity contribution < 1.29 is 28.6 Å². The molecule has 0 unspecified atom stereocenters. The van der Waals surface area contributed by atoms with Crippen LogP contribution < -0.4 is 5.32 Å². The average molecular weight is 569 g/mol. The van der Waals surface area contributed by atoms with Crippen LogP contribution in [0.25, 0.3) is 0 Å². The molecule has 0 bridgehead atoms. The van der Waals surface area contributed by atoms with Gasteiger partial charge in [-0.05, 0) is 100 Å². The molecule has 1 aromatic rings. The summed E-state index contributed by atoms with van der Waals surface area (Å²) in [5.41, 5.74) is -0.876. The second-order valence-corrected chi connectivity index (χ2v) is 13.4. The summed E-state index contributed by atoms with van der Waals surface area (Å²) in [6, 6.07) is 5.48. The molecule has 0 heterocycles. The van der Waals surface area contributed by atoms with Gasteiger partial charge in [-0.2, -0.15) is 0 Å². The van der Waals surface area contributed by atoms with Crippen molar-refractivity contribution in [3.8, 4) is 0 Å². The van der Waals surface area contributed by atoms with E-state index in [9.17, 15) is 14.4 Å². The predicted octanol–water partition coefficient (Wildman–Crippen LogP) is 6.53. The van der Waals surface area contributed by atoms with Crippen molar-refractivity contribution >= 4 is 39.5 Å². The van der Waals surface area contributed by atoms with Crippen molar-refractivity contribution in [2.24, 2.45) is 5.92 Å². The Bertz CT molecular complexity index is 918. The molecule has 7 nitrogen and oxygen atoms in total. The molecule has 1 aliphatic rings. The van der Waals surface area contributed by atoms with Crippen molar-refractivity contribution in [1.82, 2.24) is 0 Å². The lowest BCUT2D eigenvalue weighted by molar-refractivity contribution is -0.169. The lowest BCUT2D eigenvalue weighted by Crippen LogP contribution is -2.36. The zero-order valence-corrected chi connectivity index (χ0v) is 24.7. The SMILES string of the molecule is CC(C)(C)OC(=O)C1CCC(Nc2cc(Br)ccc2C(C(=O)OC(C)(C)C)C(=O)OC(C)(C)C)CC1. The Hall–Kier alpha value is -2.09. The summed E-state index contributed by atoms with van der Waals surface area (Å²) < 4.78 is 17.6. The number of benzene rings is 1. The van der Waals surface area contributed by atoms with Gasteiger partial charge in [-0.1, -0.05) is 22.0 Å². The highest BCUT2D eigenvalue weighted by molar-refractivity contribution is 9.10. The fourth-order valence-corrected chi connectivity index (χ4v) is 4.42. The van der Waals surface area contributed by atoms with Crippen LogP contribution in [0, 0.1) is 5.92 Å². The Morgan fingerprint density at radius 2 is 1.28 bits per heavy atom.